The number of hydrogen-bond donors (Lipinski definition) is 1. The number of sulfone groups is 1. The third-order valence-corrected chi connectivity index (χ3v) is 4.52. The number of rotatable bonds is 4. The third-order valence-electron chi connectivity index (χ3n) is 1.73. The van der Waals surface area contributed by atoms with Gasteiger partial charge in [0.2, 0.25) is 0 Å². The van der Waals surface area contributed by atoms with Crippen LogP contribution in [-0.4, -0.2) is 25.5 Å². The lowest BCUT2D eigenvalue weighted by Gasteiger charge is -2.06. The van der Waals surface area contributed by atoms with Crippen LogP contribution in [0.1, 0.15) is 18.1 Å². The summed E-state index contributed by atoms with van der Waals surface area (Å²) in [4.78, 5) is 0. The Hall–Kier alpha value is 0.340. The highest BCUT2D eigenvalue weighted by atomic mass is 127. The molecule has 1 aromatic rings. The van der Waals surface area contributed by atoms with E-state index in [1.165, 1.54) is 6.26 Å². The molecule has 0 aromatic carbocycles. The fourth-order valence-electron chi connectivity index (χ4n) is 0.991. The summed E-state index contributed by atoms with van der Waals surface area (Å²) in [6.07, 6.45) is 0.785. The molecular formula is C8H11IO3S2. The van der Waals surface area contributed by atoms with Gasteiger partial charge in [0, 0.05) is 6.26 Å². The second kappa shape index (κ2) is 4.91. The summed E-state index contributed by atoms with van der Waals surface area (Å²) in [7, 11) is -2.98. The zero-order chi connectivity index (χ0) is 10.8. The van der Waals surface area contributed by atoms with E-state index in [1.807, 2.05) is 11.4 Å². The molecule has 0 amide bonds. The Morgan fingerprint density at radius 3 is 2.71 bits per heavy atom. The summed E-state index contributed by atoms with van der Waals surface area (Å²) in [5.74, 6) is 0.0284. The largest absolute Gasteiger partial charge is 0.388 e. The molecule has 0 aliphatic heterocycles. The quantitative estimate of drug-likeness (QED) is 0.847. The normalized spacial score (nSPS) is 14.2. The lowest BCUT2D eigenvalue weighted by molar-refractivity contribution is 0.175. The Balaban J connectivity index is 2.55. The van der Waals surface area contributed by atoms with E-state index in [-0.39, 0.29) is 12.2 Å². The van der Waals surface area contributed by atoms with E-state index in [4.69, 9.17) is 0 Å². The monoisotopic (exact) mass is 346 g/mol. The fraction of sp³-hybridized carbons (Fsp3) is 0.500. The van der Waals surface area contributed by atoms with E-state index < -0.39 is 15.9 Å². The van der Waals surface area contributed by atoms with Crippen LogP contribution in [0.5, 0.6) is 0 Å². The van der Waals surface area contributed by atoms with Crippen molar-refractivity contribution in [2.45, 2.75) is 12.5 Å². The van der Waals surface area contributed by atoms with Crippen LogP contribution in [0, 0.1) is 2.88 Å². The van der Waals surface area contributed by atoms with Crippen molar-refractivity contribution in [3.63, 3.8) is 0 Å². The molecule has 0 spiro atoms. The van der Waals surface area contributed by atoms with Gasteiger partial charge in [0.25, 0.3) is 0 Å². The Morgan fingerprint density at radius 2 is 2.29 bits per heavy atom. The topological polar surface area (TPSA) is 54.4 Å². The van der Waals surface area contributed by atoms with E-state index >= 15 is 0 Å². The van der Waals surface area contributed by atoms with Crippen molar-refractivity contribution in [2.75, 3.05) is 12.0 Å². The van der Waals surface area contributed by atoms with Gasteiger partial charge in [-0.25, -0.2) is 8.42 Å². The van der Waals surface area contributed by atoms with Gasteiger partial charge in [0.1, 0.15) is 9.84 Å². The molecule has 0 aliphatic rings. The lowest BCUT2D eigenvalue weighted by Crippen LogP contribution is -2.07. The predicted octanol–water partition coefficient (Wildman–Crippen LogP) is 1.82. The standard InChI is InChI=1S/C8H11IO3S2/c1-14(11,12)3-2-7(10)6-4-8(9)13-5-6/h4-5,7,10H,2-3H2,1H3. The smallest absolute Gasteiger partial charge is 0.147 e. The molecule has 0 saturated carbocycles. The van der Waals surface area contributed by atoms with Crippen molar-refractivity contribution in [2.24, 2.45) is 0 Å². The first-order valence-corrected chi connectivity index (χ1v) is 8.00. The van der Waals surface area contributed by atoms with Crippen LogP contribution >= 0.6 is 33.9 Å². The zero-order valence-electron chi connectivity index (χ0n) is 7.60. The van der Waals surface area contributed by atoms with Crippen molar-refractivity contribution in [1.29, 1.82) is 0 Å². The van der Waals surface area contributed by atoms with Crippen molar-refractivity contribution >= 4 is 43.8 Å². The molecule has 0 radical (unpaired) electrons. The van der Waals surface area contributed by atoms with Crippen LogP contribution in [0.15, 0.2) is 11.4 Å². The molecule has 0 aliphatic carbocycles. The summed E-state index contributed by atoms with van der Waals surface area (Å²) >= 11 is 3.71. The van der Waals surface area contributed by atoms with Gasteiger partial charge in [-0.2, -0.15) is 0 Å². The van der Waals surface area contributed by atoms with Gasteiger partial charge in [-0.3, -0.25) is 0 Å². The molecule has 6 heteroatoms. The maximum Gasteiger partial charge on any atom is 0.147 e. The van der Waals surface area contributed by atoms with Crippen molar-refractivity contribution in [3.8, 4) is 0 Å². The van der Waals surface area contributed by atoms with Crippen LogP contribution in [0.4, 0.5) is 0 Å². The highest BCUT2D eigenvalue weighted by Gasteiger charge is 2.12. The molecule has 1 aromatic heterocycles. The molecule has 1 rings (SSSR count). The Kier molecular flexibility index (Phi) is 4.35. The average molecular weight is 346 g/mol. The highest BCUT2D eigenvalue weighted by Crippen LogP contribution is 2.24. The van der Waals surface area contributed by atoms with Crippen molar-refractivity contribution in [1.82, 2.24) is 0 Å². The van der Waals surface area contributed by atoms with Crippen LogP contribution in [0.2, 0.25) is 0 Å². The molecule has 1 atom stereocenters. The fourth-order valence-corrected chi connectivity index (χ4v) is 3.06. The maximum absolute atomic E-state index is 10.9. The molecule has 1 unspecified atom stereocenters. The van der Waals surface area contributed by atoms with E-state index in [0.29, 0.717) is 0 Å². The van der Waals surface area contributed by atoms with E-state index in [9.17, 15) is 13.5 Å². The molecule has 3 nitrogen and oxygen atoms in total. The van der Waals surface area contributed by atoms with Gasteiger partial charge in [-0.15, -0.1) is 11.3 Å². The van der Waals surface area contributed by atoms with Crippen LogP contribution in [0.3, 0.4) is 0 Å². The molecule has 80 valence electrons. The Bertz CT molecular complexity index is 396. The lowest BCUT2D eigenvalue weighted by atomic mass is 10.1. The van der Waals surface area contributed by atoms with Crippen molar-refractivity contribution < 1.29 is 13.5 Å². The summed E-state index contributed by atoms with van der Waals surface area (Å²) < 4.78 is 22.8. The number of halogens is 1. The van der Waals surface area contributed by atoms with E-state index in [1.54, 1.807) is 11.3 Å². The van der Waals surface area contributed by atoms with Crippen LogP contribution < -0.4 is 0 Å². The summed E-state index contributed by atoms with van der Waals surface area (Å²) in [5, 5.41) is 11.5. The van der Waals surface area contributed by atoms with Crippen LogP contribution in [-0.2, 0) is 9.84 Å². The number of aliphatic hydroxyl groups excluding tert-OH is 1. The average Bonchev–Trinajstić information content (AvgIpc) is 2.46. The molecular weight excluding hydrogens is 335 g/mol. The van der Waals surface area contributed by atoms with Gasteiger partial charge in [-0.1, -0.05) is 0 Å². The van der Waals surface area contributed by atoms with Gasteiger partial charge in [0.05, 0.1) is 14.7 Å². The van der Waals surface area contributed by atoms with Crippen LogP contribution in [0.25, 0.3) is 0 Å². The minimum atomic E-state index is -2.98. The van der Waals surface area contributed by atoms with Crippen molar-refractivity contribution in [3.05, 3.63) is 19.9 Å². The molecule has 1 heterocycles. The number of thiophene rings is 1. The molecule has 0 saturated heterocycles. The minimum Gasteiger partial charge on any atom is -0.388 e. The number of aliphatic hydroxyl groups is 1. The van der Waals surface area contributed by atoms with Gasteiger partial charge in [-0.05, 0) is 46.0 Å². The second-order valence-corrected chi connectivity index (χ2v) is 8.18. The third kappa shape index (κ3) is 4.24. The maximum atomic E-state index is 10.9. The molecule has 14 heavy (non-hydrogen) atoms. The van der Waals surface area contributed by atoms with E-state index in [0.717, 1.165) is 8.45 Å². The first-order valence-electron chi connectivity index (χ1n) is 3.98. The van der Waals surface area contributed by atoms with Gasteiger partial charge >= 0.3 is 0 Å². The predicted molar refractivity (Wildman–Crippen MR) is 66.3 cm³/mol. The first kappa shape index (κ1) is 12.4. The zero-order valence-corrected chi connectivity index (χ0v) is 11.4. The Labute approximate surface area is 101 Å². The van der Waals surface area contributed by atoms with Gasteiger partial charge in [0.15, 0.2) is 0 Å². The SMILES string of the molecule is CS(=O)(=O)CCC(O)c1csc(I)c1. The van der Waals surface area contributed by atoms with Gasteiger partial charge < -0.3 is 5.11 Å². The van der Waals surface area contributed by atoms with E-state index in [2.05, 4.69) is 22.6 Å². The summed E-state index contributed by atoms with van der Waals surface area (Å²) in [6.45, 7) is 0. The first-order chi connectivity index (χ1) is 6.38. The summed E-state index contributed by atoms with van der Waals surface area (Å²) in [6, 6.07) is 1.87. The molecule has 0 fully saturated rings. The number of hydrogen-bond acceptors (Lipinski definition) is 4. The minimum absolute atomic E-state index is 0.0284. The Morgan fingerprint density at radius 1 is 1.64 bits per heavy atom. The summed E-state index contributed by atoms with van der Waals surface area (Å²) in [5.41, 5.74) is 0.808. The molecule has 0 bridgehead atoms. The molecule has 1 N–H and O–H groups in total. The second-order valence-electron chi connectivity index (χ2n) is 3.12. The highest BCUT2D eigenvalue weighted by molar-refractivity contribution is 14.1.